The van der Waals surface area contributed by atoms with Crippen LogP contribution in [0.5, 0.6) is 5.88 Å². The fourth-order valence-corrected chi connectivity index (χ4v) is 5.66. The molecule has 3 aromatic rings. The molecule has 3 aromatic heterocycles. The van der Waals surface area contributed by atoms with Gasteiger partial charge in [-0.05, 0) is 55.9 Å². The maximum absolute atomic E-state index is 11.6. The molecular formula is C25H30N6O3S. The van der Waals surface area contributed by atoms with Gasteiger partial charge in [-0.2, -0.15) is 0 Å². The predicted octanol–water partition coefficient (Wildman–Crippen LogP) is 2.79. The number of thioether (sulfide) groups is 1. The third-order valence-corrected chi connectivity index (χ3v) is 7.95. The summed E-state index contributed by atoms with van der Waals surface area (Å²) in [6.45, 7) is 0.647. The molecule has 1 saturated carbocycles. The Kier molecular flexibility index (Phi) is 7.14. The minimum atomic E-state index is -0.831. The van der Waals surface area contributed by atoms with Crippen molar-refractivity contribution in [2.24, 2.45) is 11.7 Å². The molecule has 9 nitrogen and oxygen atoms in total. The van der Waals surface area contributed by atoms with Gasteiger partial charge in [0.2, 0.25) is 11.8 Å². The standard InChI is InChI=1S/C25H30N6O3S/c1-34-21-9-7-18-23(31-21)17(10-11-27-18)24(33)22(26)14-2-4-15(5-3-14)28-12-16-6-8-19-25(29-16)30-20(32)13-35-19/h6-11,14-15,22,24,28,33H,2-5,12-13,26H2,1H3,(H,29,30,32)/t14-,15-,22-,24-/m0/s1. The zero-order valence-electron chi connectivity index (χ0n) is 19.6. The molecular weight excluding hydrogens is 464 g/mol. The number of nitrogens with two attached hydrogens (primary N) is 1. The number of nitrogens with one attached hydrogen (secondary N) is 2. The first-order valence-electron chi connectivity index (χ1n) is 11.9. The SMILES string of the molecule is COc1ccc2nccc([C@H](O)[C@@H](N)[C@H]3CC[C@H](NCc4ccc5c(n4)NC(=O)CS5)CC3)c2n1. The van der Waals surface area contributed by atoms with E-state index < -0.39 is 12.1 Å². The molecule has 5 rings (SSSR count). The lowest BCUT2D eigenvalue weighted by Gasteiger charge is -2.34. The first kappa shape index (κ1) is 23.9. The van der Waals surface area contributed by atoms with Crippen LogP contribution in [-0.4, -0.2) is 50.9 Å². The molecule has 0 bridgehead atoms. The number of ether oxygens (including phenoxy) is 1. The van der Waals surface area contributed by atoms with Crippen molar-refractivity contribution in [2.45, 2.75) is 55.3 Å². The second-order valence-electron chi connectivity index (χ2n) is 9.12. The number of fused-ring (bicyclic) bond motifs is 2. The van der Waals surface area contributed by atoms with E-state index in [-0.39, 0.29) is 11.8 Å². The molecule has 0 unspecified atom stereocenters. The van der Waals surface area contributed by atoms with Crippen LogP contribution in [-0.2, 0) is 11.3 Å². The Balaban J connectivity index is 1.17. The van der Waals surface area contributed by atoms with Gasteiger partial charge in [0.15, 0.2) is 0 Å². The fourth-order valence-electron chi connectivity index (χ4n) is 4.90. The first-order chi connectivity index (χ1) is 17.0. The van der Waals surface area contributed by atoms with E-state index in [4.69, 9.17) is 10.5 Å². The minimum absolute atomic E-state index is 0.00774. The number of hydrogen-bond acceptors (Lipinski definition) is 9. The summed E-state index contributed by atoms with van der Waals surface area (Å²) in [6, 6.07) is 9.39. The number of rotatable bonds is 7. The summed E-state index contributed by atoms with van der Waals surface area (Å²) < 4.78 is 5.25. The summed E-state index contributed by atoms with van der Waals surface area (Å²) in [5, 5.41) is 17.6. The molecule has 184 valence electrons. The summed E-state index contributed by atoms with van der Waals surface area (Å²) in [6.07, 6.45) is 4.67. The van der Waals surface area contributed by atoms with Crippen molar-refractivity contribution in [3.63, 3.8) is 0 Å². The summed E-state index contributed by atoms with van der Waals surface area (Å²) >= 11 is 1.52. The highest BCUT2D eigenvalue weighted by Gasteiger charge is 2.31. The smallest absolute Gasteiger partial charge is 0.235 e. The molecule has 0 saturated heterocycles. The quantitative estimate of drug-likeness (QED) is 0.391. The van der Waals surface area contributed by atoms with Gasteiger partial charge in [0, 0.05) is 36.5 Å². The molecule has 0 aromatic carbocycles. The van der Waals surface area contributed by atoms with Crippen LogP contribution in [0.25, 0.3) is 11.0 Å². The van der Waals surface area contributed by atoms with Crippen molar-refractivity contribution < 1.29 is 14.6 Å². The van der Waals surface area contributed by atoms with Crippen LogP contribution in [0, 0.1) is 5.92 Å². The number of amides is 1. The Morgan fingerprint density at radius 3 is 2.83 bits per heavy atom. The number of aromatic nitrogens is 3. The second-order valence-corrected chi connectivity index (χ2v) is 10.1. The molecule has 1 aliphatic heterocycles. The van der Waals surface area contributed by atoms with Gasteiger partial charge in [0.1, 0.15) is 5.82 Å². The molecule has 0 spiro atoms. The molecule has 10 heteroatoms. The minimum Gasteiger partial charge on any atom is -0.481 e. The second kappa shape index (κ2) is 10.4. The van der Waals surface area contributed by atoms with Gasteiger partial charge in [-0.25, -0.2) is 9.97 Å². The molecule has 2 atom stereocenters. The lowest BCUT2D eigenvalue weighted by molar-refractivity contribution is -0.113. The predicted molar refractivity (Wildman–Crippen MR) is 135 cm³/mol. The Bertz CT molecular complexity index is 1220. The molecule has 35 heavy (non-hydrogen) atoms. The number of aliphatic hydroxyl groups excluding tert-OH is 1. The number of anilines is 1. The number of pyridine rings is 3. The molecule has 4 heterocycles. The Labute approximate surface area is 208 Å². The lowest BCUT2D eigenvalue weighted by Crippen LogP contribution is -2.41. The topological polar surface area (TPSA) is 135 Å². The third kappa shape index (κ3) is 5.25. The monoisotopic (exact) mass is 494 g/mol. The van der Waals surface area contributed by atoms with Crippen molar-refractivity contribution in [1.82, 2.24) is 20.3 Å². The van der Waals surface area contributed by atoms with Crippen LogP contribution >= 0.6 is 11.8 Å². The van der Waals surface area contributed by atoms with Gasteiger partial charge in [0.25, 0.3) is 0 Å². The summed E-state index contributed by atoms with van der Waals surface area (Å²) in [7, 11) is 1.57. The van der Waals surface area contributed by atoms with E-state index >= 15 is 0 Å². The molecule has 0 radical (unpaired) electrons. The van der Waals surface area contributed by atoms with E-state index in [1.54, 1.807) is 25.4 Å². The van der Waals surface area contributed by atoms with Crippen LogP contribution in [0.3, 0.4) is 0 Å². The van der Waals surface area contributed by atoms with E-state index in [0.717, 1.165) is 36.3 Å². The van der Waals surface area contributed by atoms with E-state index in [1.807, 2.05) is 18.2 Å². The van der Waals surface area contributed by atoms with E-state index in [9.17, 15) is 9.90 Å². The molecule has 1 amide bonds. The maximum Gasteiger partial charge on any atom is 0.235 e. The number of carbonyl (C=O) groups is 1. The van der Waals surface area contributed by atoms with Gasteiger partial charge in [-0.3, -0.25) is 9.78 Å². The average Bonchev–Trinajstić information content (AvgIpc) is 2.90. The fraction of sp³-hybridized carbons (Fsp3) is 0.440. The number of nitrogens with zero attached hydrogens (tertiary/aromatic N) is 3. The molecule has 2 aliphatic rings. The largest absolute Gasteiger partial charge is 0.481 e. The van der Waals surface area contributed by atoms with Crippen molar-refractivity contribution >= 4 is 34.5 Å². The zero-order valence-corrected chi connectivity index (χ0v) is 20.4. The van der Waals surface area contributed by atoms with Crippen molar-refractivity contribution in [3.8, 4) is 5.88 Å². The van der Waals surface area contributed by atoms with E-state index in [2.05, 4.69) is 25.6 Å². The van der Waals surface area contributed by atoms with Crippen LogP contribution in [0.1, 0.15) is 43.0 Å². The summed E-state index contributed by atoms with van der Waals surface area (Å²) in [5.41, 5.74) is 9.50. The van der Waals surface area contributed by atoms with Crippen LogP contribution in [0.15, 0.2) is 41.4 Å². The highest BCUT2D eigenvalue weighted by atomic mass is 32.2. The first-order valence-corrected chi connectivity index (χ1v) is 12.9. The Hall–Kier alpha value is -2.79. The molecule has 5 N–H and O–H groups in total. The number of carbonyl (C=O) groups excluding carboxylic acids is 1. The van der Waals surface area contributed by atoms with Crippen molar-refractivity contribution in [1.29, 1.82) is 0 Å². The van der Waals surface area contributed by atoms with Crippen LogP contribution in [0.2, 0.25) is 0 Å². The number of methoxy groups -OCH3 is 1. The summed E-state index contributed by atoms with van der Waals surface area (Å²) in [4.78, 5) is 26.1. The van der Waals surface area contributed by atoms with Crippen LogP contribution in [0.4, 0.5) is 5.82 Å². The molecule has 1 fully saturated rings. The number of hydrogen-bond donors (Lipinski definition) is 4. The molecule has 1 aliphatic carbocycles. The highest BCUT2D eigenvalue weighted by Crippen LogP contribution is 2.34. The third-order valence-electron chi connectivity index (χ3n) is 6.90. The average molecular weight is 495 g/mol. The maximum atomic E-state index is 11.6. The van der Waals surface area contributed by atoms with E-state index in [1.165, 1.54) is 11.8 Å². The van der Waals surface area contributed by atoms with Gasteiger partial charge in [-0.1, -0.05) is 0 Å². The highest BCUT2D eigenvalue weighted by molar-refractivity contribution is 8.00. The lowest BCUT2D eigenvalue weighted by atomic mass is 9.79. The van der Waals surface area contributed by atoms with Gasteiger partial charge in [0.05, 0.1) is 40.6 Å². The van der Waals surface area contributed by atoms with Crippen LogP contribution < -0.4 is 21.1 Å². The van der Waals surface area contributed by atoms with Crippen molar-refractivity contribution in [3.05, 3.63) is 47.8 Å². The van der Waals surface area contributed by atoms with Gasteiger partial charge >= 0.3 is 0 Å². The van der Waals surface area contributed by atoms with E-state index in [0.29, 0.717) is 46.6 Å². The Morgan fingerprint density at radius 2 is 2.03 bits per heavy atom. The normalized spacial score (nSPS) is 21.7. The van der Waals surface area contributed by atoms with Crippen molar-refractivity contribution in [2.75, 3.05) is 18.2 Å². The zero-order chi connectivity index (χ0) is 24.4. The Morgan fingerprint density at radius 1 is 1.20 bits per heavy atom. The number of aliphatic hydroxyl groups is 1. The summed E-state index contributed by atoms with van der Waals surface area (Å²) in [5.74, 6) is 1.78. The van der Waals surface area contributed by atoms with Gasteiger partial charge < -0.3 is 26.2 Å². The van der Waals surface area contributed by atoms with Gasteiger partial charge in [-0.15, -0.1) is 11.8 Å².